The van der Waals surface area contributed by atoms with E-state index in [4.69, 9.17) is 16.0 Å². The van der Waals surface area contributed by atoms with E-state index >= 15 is 0 Å². The summed E-state index contributed by atoms with van der Waals surface area (Å²) in [4.78, 5) is 2.21. The Bertz CT molecular complexity index is 585. The molecule has 0 saturated carbocycles. The van der Waals surface area contributed by atoms with Gasteiger partial charge < -0.3 is 9.52 Å². The van der Waals surface area contributed by atoms with Crippen molar-refractivity contribution in [2.45, 2.75) is 31.8 Å². The van der Waals surface area contributed by atoms with Crippen LogP contribution in [0.15, 0.2) is 28.7 Å². The second-order valence-electron chi connectivity index (χ2n) is 5.31. The van der Waals surface area contributed by atoms with Crippen molar-refractivity contribution in [1.82, 2.24) is 15.1 Å². The highest BCUT2D eigenvalue weighted by molar-refractivity contribution is 6.30. The predicted molar refractivity (Wildman–Crippen MR) is 79.9 cm³/mol. The van der Waals surface area contributed by atoms with Crippen molar-refractivity contribution < 1.29 is 9.52 Å². The van der Waals surface area contributed by atoms with Crippen molar-refractivity contribution >= 4 is 11.6 Å². The maximum atomic E-state index is 9.43. The summed E-state index contributed by atoms with van der Waals surface area (Å²) in [6.45, 7) is 1.73. The highest BCUT2D eigenvalue weighted by Crippen LogP contribution is 2.22. The molecule has 2 heterocycles. The average molecular weight is 308 g/mol. The molecule has 2 aromatic rings. The van der Waals surface area contributed by atoms with Gasteiger partial charge in [-0.3, -0.25) is 4.90 Å². The summed E-state index contributed by atoms with van der Waals surface area (Å²) in [6, 6.07) is 7.51. The predicted octanol–water partition coefficient (Wildman–Crippen LogP) is 2.74. The molecule has 0 aliphatic carbocycles. The molecule has 1 atom stereocenters. The summed E-state index contributed by atoms with van der Waals surface area (Å²) in [6.07, 6.45) is 3.34. The number of aromatic nitrogens is 2. The van der Waals surface area contributed by atoms with E-state index in [9.17, 15) is 5.11 Å². The van der Waals surface area contributed by atoms with Crippen LogP contribution in [-0.4, -0.2) is 39.4 Å². The highest BCUT2D eigenvalue weighted by Gasteiger charge is 2.23. The third-order valence-electron chi connectivity index (χ3n) is 3.86. The molecule has 1 aliphatic heterocycles. The molecular formula is C15H18ClN3O2. The molecule has 1 aromatic carbocycles. The molecule has 112 valence electrons. The molecule has 0 radical (unpaired) electrons. The quantitative estimate of drug-likeness (QED) is 0.941. The first-order valence-corrected chi connectivity index (χ1v) is 7.57. The molecule has 0 bridgehead atoms. The van der Waals surface area contributed by atoms with Crippen molar-refractivity contribution in [3.63, 3.8) is 0 Å². The van der Waals surface area contributed by atoms with Crippen molar-refractivity contribution in [3.05, 3.63) is 35.2 Å². The van der Waals surface area contributed by atoms with Crippen LogP contribution >= 0.6 is 11.6 Å². The summed E-state index contributed by atoms with van der Waals surface area (Å²) in [5.41, 5.74) is 0.857. The van der Waals surface area contributed by atoms with Gasteiger partial charge >= 0.3 is 0 Å². The standard InChI is InChI=1S/C15H18ClN3O2/c16-12-6-4-11(5-7-12)15-18-17-14(21-15)9-19-8-2-1-3-13(19)10-20/h4-7,13,20H,1-3,8-10H2. The topological polar surface area (TPSA) is 62.4 Å². The van der Waals surface area contributed by atoms with Crippen LogP contribution in [0.2, 0.25) is 5.02 Å². The number of hydrogen-bond donors (Lipinski definition) is 1. The smallest absolute Gasteiger partial charge is 0.247 e. The van der Waals surface area contributed by atoms with Crippen LogP contribution in [0.1, 0.15) is 25.2 Å². The van der Waals surface area contributed by atoms with Crippen LogP contribution in [0, 0.1) is 0 Å². The molecule has 1 N–H and O–H groups in total. The molecule has 1 saturated heterocycles. The summed E-state index contributed by atoms with van der Waals surface area (Å²) in [5, 5.41) is 18.3. The van der Waals surface area contributed by atoms with Crippen LogP contribution in [-0.2, 0) is 6.54 Å². The van der Waals surface area contributed by atoms with Crippen LogP contribution in [0.3, 0.4) is 0 Å². The molecule has 3 rings (SSSR count). The maximum absolute atomic E-state index is 9.43. The number of aliphatic hydroxyl groups is 1. The van der Waals surface area contributed by atoms with Crippen LogP contribution in [0.5, 0.6) is 0 Å². The van der Waals surface area contributed by atoms with Gasteiger partial charge in [-0.2, -0.15) is 0 Å². The van der Waals surface area contributed by atoms with E-state index in [2.05, 4.69) is 15.1 Å². The monoisotopic (exact) mass is 307 g/mol. The lowest BCUT2D eigenvalue weighted by Crippen LogP contribution is -2.41. The Morgan fingerprint density at radius 3 is 2.81 bits per heavy atom. The van der Waals surface area contributed by atoms with Gasteiger partial charge in [0.1, 0.15) is 0 Å². The van der Waals surface area contributed by atoms with Gasteiger partial charge in [0.05, 0.1) is 13.2 Å². The molecule has 21 heavy (non-hydrogen) atoms. The summed E-state index contributed by atoms with van der Waals surface area (Å²) in [5.74, 6) is 1.08. The number of aliphatic hydroxyl groups excluding tert-OH is 1. The first-order chi connectivity index (χ1) is 10.3. The molecule has 1 fully saturated rings. The molecule has 1 aromatic heterocycles. The molecular weight excluding hydrogens is 290 g/mol. The maximum Gasteiger partial charge on any atom is 0.247 e. The molecule has 6 heteroatoms. The van der Waals surface area contributed by atoms with Gasteiger partial charge in [-0.25, -0.2) is 0 Å². The van der Waals surface area contributed by atoms with E-state index < -0.39 is 0 Å². The minimum absolute atomic E-state index is 0.179. The van der Waals surface area contributed by atoms with E-state index in [0.717, 1.165) is 24.9 Å². The van der Waals surface area contributed by atoms with Crippen LogP contribution in [0.25, 0.3) is 11.5 Å². The molecule has 0 spiro atoms. The van der Waals surface area contributed by atoms with Gasteiger partial charge in [0.2, 0.25) is 11.8 Å². The molecule has 0 amide bonds. The number of halogens is 1. The van der Waals surface area contributed by atoms with Crippen molar-refractivity contribution in [2.75, 3.05) is 13.2 Å². The lowest BCUT2D eigenvalue weighted by atomic mass is 10.0. The molecule has 5 nitrogen and oxygen atoms in total. The highest BCUT2D eigenvalue weighted by atomic mass is 35.5. The summed E-state index contributed by atoms with van der Waals surface area (Å²) in [7, 11) is 0. The van der Waals surface area contributed by atoms with Gasteiger partial charge in [-0.1, -0.05) is 18.0 Å². The zero-order chi connectivity index (χ0) is 14.7. The van der Waals surface area contributed by atoms with Crippen LogP contribution < -0.4 is 0 Å². The Morgan fingerprint density at radius 1 is 1.24 bits per heavy atom. The third-order valence-corrected chi connectivity index (χ3v) is 4.11. The first-order valence-electron chi connectivity index (χ1n) is 7.19. The second-order valence-corrected chi connectivity index (χ2v) is 5.75. The minimum Gasteiger partial charge on any atom is -0.419 e. The number of hydrogen-bond acceptors (Lipinski definition) is 5. The summed E-state index contributed by atoms with van der Waals surface area (Å²) >= 11 is 5.87. The number of benzene rings is 1. The number of likely N-dealkylation sites (tertiary alicyclic amines) is 1. The molecule has 1 aliphatic rings. The van der Waals surface area contributed by atoms with E-state index in [1.807, 2.05) is 12.1 Å². The van der Waals surface area contributed by atoms with E-state index in [1.165, 1.54) is 6.42 Å². The fourth-order valence-electron chi connectivity index (χ4n) is 2.68. The van der Waals surface area contributed by atoms with Crippen LogP contribution in [0.4, 0.5) is 0 Å². The number of rotatable bonds is 4. The minimum atomic E-state index is 0.179. The SMILES string of the molecule is OCC1CCCCN1Cc1nnc(-c2ccc(Cl)cc2)o1. The van der Waals surface area contributed by atoms with E-state index in [1.54, 1.807) is 12.1 Å². The zero-order valence-electron chi connectivity index (χ0n) is 11.7. The number of nitrogens with zero attached hydrogens (tertiary/aromatic N) is 3. The fraction of sp³-hybridized carbons (Fsp3) is 0.467. The van der Waals surface area contributed by atoms with Crippen molar-refractivity contribution in [2.24, 2.45) is 0 Å². The Kier molecular flexibility index (Phi) is 4.53. The van der Waals surface area contributed by atoms with Gasteiger partial charge in [-0.15, -0.1) is 10.2 Å². The second kappa shape index (κ2) is 6.56. The van der Waals surface area contributed by atoms with Crippen molar-refractivity contribution in [3.8, 4) is 11.5 Å². The van der Waals surface area contributed by atoms with Gasteiger partial charge in [0.15, 0.2) is 0 Å². The zero-order valence-corrected chi connectivity index (χ0v) is 12.5. The van der Waals surface area contributed by atoms with Gasteiger partial charge in [0.25, 0.3) is 0 Å². The lowest BCUT2D eigenvalue weighted by Gasteiger charge is -2.33. The Balaban J connectivity index is 1.71. The fourth-order valence-corrected chi connectivity index (χ4v) is 2.80. The van der Waals surface area contributed by atoms with Gasteiger partial charge in [-0.05, 0) is 43.7 Å². The van der Waals surface area contributed by atoms with E-state index in [0.29, 0.717) is 23.3 Å². The Labute approximate surface area is 128 Å². The summed E-state index contributed by atoms with van der Waals surface area (Å²) < 4.78 is 5.72. The van der Waals surface area contributed by atoms with E-state index in [-0.39, 0.29) is 12.6 Å². The Morgan fingerprint density at radius 2 is 2.05 bits per heavy atom. The normalized spacial score (nSPS) is 19.8. The lowest BCUT2D eigenvalue weighted by molar-refractivity contribution is 0.0769. The first kappa shape index (κ1) is 14.5. The Hall–Kier alpha value is -1.43. The number of piperidine rings is 1. The molecule has 1 unspecified atom stereocenters. The average Bonchev–Trinajstić information content (AvgIpc) is 2.97. The van der Waals surface area contributed by atoms with Gasteiger partial charge in [0, 0.05) is 16.6 Å². The largest absolute Gasteiger partial charge is 0.419 e. The van der Waals surface area contributed by atoms with Crippen molar-refractivity contribution in [1.29, 1.82) is 0 Å². The third kappa shape index (κ3) is 3.43.